The minimum absolute atomic E-state index is 0.167. The van der Waals surface area contributed by atoms with Crippen molar-refractivity contribution in [2.45, 2.75) is 37.8 Å². The molecule has 2 aliphatic heterocycles. The summed E-state index contributed by atoms with van der Waals surface area (Å²) in [5.74, 6) is 0. The van der Waals surface area contributed by atoms with E-state index < -0.39 is 0 Å². The molecule has 12 heavy (non-hydrogen) atoms. The number of rotatable bonds is 3. The van der Waals surface area contributed by atoms with Crippen LogP contribution in [0, 0.1) is 0 Å². The van der Waals surface area contributed by atoms with Gasteiger partial charge in [0.15, 0.2) is 0 Å². The van der Waals surface area contributed by atoms with Crippen LogP contribution in [0.4, 0.5) is 4.39 Å². The Kier molecular flexibility index (Phi) is 2.45. The molecule has 0 aromatic carbocycles. The largest absolute Gasteiger partial charge is 0.294 e. The van der Waals surface area contributed by atoms with Gasteiger partial charge in [0.1, 0.15) is 0 Å². The Labute approximate surface area is 73.2 Å². The third-order valence-electron chi connectivity index (χ3n) is 3.01. The zero-order chi connectivity index (χ0) is 8.39. The van der Waals surface area contributed by atoms with Crippen molar-refractivity contribution < 1.29 is 4.39 Å². The first-order valence-electron chi connectivity index (χ1n) is 4.90. The Bertz CT molecular complexity index is 179. The number of hydrogen-bond donors (Lipinski definition) is 0. The summed E-state index contributed by atoms with van der Waals surface area (Å²) in [4.78, 5) is 2.47. The van der Waals surface area contributed by atoms with Crippen LogP contribution >= 0.6 is 0 Å². The Hall–Kier alpha value is -0.370. The quantitative estimate of drug-likeness (QED) is 0.585. The number of halogens is 1. The van der Waals surface area contributed by atoms with Gasteiger partial charge in [0.25, 0.3) is 0 Å². The molecule has 1 fully saturated rings. The van der Waals surface area contributed by atoms with E-state index in [9.17, 15) is 4.39 Å². The van der Waals surface area contributed by atoms with E-state index >= 15 is 0 Å². The van der Waals surface area contributed by atoms with Gasteiger partial charge in [0.2, 0.25) is 0 Å². The molecule has 2 aliphatic rings. The molecule has 0 aliphatic carbocycles. The molecule has 68 valence electrons. The van der Waals surface area contributed by atoms with Gasteiger partial charge in [0.05, 0.1) is 6.67 Å². The Morgan fingerprint density at radius 1 is 1.42 bits per heavy atom. The maximum atomic E-state index is 12.0. The molecule has 2 bridgehead atoms. The van der Waals surface area contributed by atoms with Crippen LogP contribution in [0.15, 0.2) is 12.2 Å². The molecule has 2 heteroatoms. The average molecular weight is 169 g/mol. The molecular formula is C10H16FN. The van der Waals surface area contributed by atoms with Gasteiger partial charge < -0.3 is 0 Å². The molecule has 0 N–H and O–H groups in total. The first kappa shape index (κ1) is 8.24. The third kappa shape index (κ3) is 1.40. The maximum absolute atomic E-state index is 12.0. The van der Waals surface area contributed by atoms with Crippen molar-refractivity contribution in [3.8, 4) is 0 Å². The summed E-state index contributed by atoms with van der Waals surface area (Å²) < 4.78 is 12.0. The van der Waals surface area contributed by atoms with Crippen molar-refractivity contribution in [3.05, 3.63) is 12.2 Å². The molecule has 0 radical (unpaired) electrons. The highest BCUT2D eigenvalue weighted by Crippen LogP contribution is 2.31. The van der Waals surface area contributed by atoms with Gasteiger partial charge in [-0.3, -0.25) is 9.29 Å². The van der Waals surface area contributed by atoms with Crippen molar-refractivity contribution in [1.82, 2.24) is 4.90 Å². The number of fused-ring (bicyclic) bond motifs is 2. The fourth-order valence-corrected chi connectivity index (χ4v) is 2.41. The van der Waals surface area contributed by atoms with Crippen molar-refractivity contribution in [2.75, 3.05) is 13.2 Å². The van der Waals surface area contributed by atoms with Crippen LogP contribution in [-0.2, 0) is 0 Å². The van der Waals surface area contributed by atoms with Crippen LogP contribution < -0.4 is 0 Å². The molecule has 0 aromatic rings. The molecular weight excluding hydrogens is 153 g/mol. The summed E-state index contributed by atoms with van der Waals surface area (Å²) in [5, 5.41) is 0. The minimum Gasteiger partial charge on any atom is -0.294 e. The molecule has 1 saturated heterocycles. The average Bonchev–Trinajstić information content (AvgIpc) is 2.36. The fraction of sp³-hybridized carbons (Fsp3) is 0.800. The summed E-state index contributed by atoms with van der Waals surface area (Å²) in [7, 11) is 0. The van der Waals surface area contributed by atoms with Gasteiger partial charge in [-0.15, -0.1) is 0 Å². The zero-order valence-corrected chi connectivity index (χ0v) is 7.38. The van der Waals surface area contributed by atoms with Crippen LogP contribution in [0.5, 0.6) is 0 Å². The lowest BCUT2D eigenvalue weighted by molar-refractivity contribution is 0.200. The third-order valence-corrected chi connectivity index (χ3v) is 3.01. The van der Waals surface area contributed by atoms with Gasteiger partial charge in [-0.05, 0) is 25.7 Å². The molecule has 0 aromatic heterocycles. The summed E-state index contributed by atoms with van der Waals surface area (Å²) in [6.45, 7) is 0.788. The second-order valence-electron chi connectivity index (χ2n) is 3.74. The molecule has 1 nitrogen and oxygen atoms in total. The van der Waals surface area contributed by atoms with Crippen LogP contribution in [0.2, 0.25) is 0 Å². The zero-order valence-electron chi connectivity index (χ0n) is 7.38. The van der Waals surface area contributed by atoms with E-state index in [2.05, 4.69) is 17.1 Å². The van der Waals surface area contributed by atoms with Gasteiger partial charge >= 0.3 is 0 Å². The molecule has 0 saturated carbocycles. The van der Waals surface area contributed by atoms with E-state index in [-0.39, 0.29) is 6.67 Å². The fourth-order valence-electron chi connectivity index (χ4n) is 2.41. The number of alkyl halides is 1. The Morgan fingerprint density at radius 3 is 3.08 bits per heavy atom. The first-order valence-corrected chi connectivity index (χ1v) is 4.90. The summed E-state index contributed by atoms with van der Waals surface area (Å²) in [5.41, 5.74) is 0. The highest BCUT2D eigenvalue weighted by molar-refractivity contribution is 5.07. The van der Waals surface area contributed by atoms with Crippen LogP contribution in [-0.4, -0.2) is 30.2 Å². The Balaban J connectivity index is 1.93. The summed E-state index contributed by atoms with van der Waals surface area (Å²) in [6.07, 6.45) is 9.07. The molecule has 2 atom stereocenters. The lowest BCUT2D eigenvalue weighted by Gasteiger charge is -2.30. The van der Waals surface area contributed by atoms with Crippen molar-refractivity contribution in [1.29, 1.82) is 0 Å². The monoisotopic (exact) mass is 169 g/mol. The predicted octanol–water partition coefficient (Wildman–Crippen LogP) is 2.14. The lowest BCUT2D eigenvalue weighted by Crippen LogP contribution is -2.38. The van der Waals surface area contributed by atoms with Gasteiger partial charge in [-0.1, -0.05) is 12.2 Å². The summed E-state index contributed by atoms with van der Waals surface area (Å²) >= 11 is 0. The predicted molar refractivity (Wildman–Crippen MR) is 47.9 cm³/mol. The number of hydrogen-bond acceptors (Lipinski definition) is 1. The molecule has 2 unspecified atom stereocenters. The standard InChI is InChI=1S/C10H16FN/c11-7-2-8-12-9-3-1-4-10(12)6-5-9/h1,3,9-10H,2,4-8H2. The molecule has 0 amide bonds. The van der Waals surface area contributed by atoms with Crippen molar-refractivity contribution in [2.24, 2.45) is 0 Å². The highest BCUT2D eigenvalue weighted by Gasteiger charge is 2.32. The molecule has 2 heterocycles. The highest BCUT2D eigenvalue weighted by atomic mass is 19.1. The van der Waals surface area contributed by atoms with Crippen LogP contribution in [0.25, 0.3) is 0 Å². The number of nitrogens with zero attached hydrogens (tertiary/aromatic N) is 1. The van der Waals surface area contributed by atoms with E-state index in [0.717, 1.165) is 12.6 Å². The van der Waals surface area contributed by atoms with E-state index in [1.807, 2.05) is 0 Å². The first-order chi connectivity index (χ1) is 5.92. The van der Waals surface area contributed by atoms with Gasteiger partial charge in [-0.25, -0.2) is 0 Å². The minimum atomic E-state index is -0.167. The normalized spacial score (nSPS) is 34.4. The van der Waals surface area contributed by atoms with Crippen molar-refractivity contribution >= 4 is 0 Å². The van der Waals surface area contributed by atoms with Crippen LogP contribution in [0.1, 0.15) is 25.7 Å². The SMILES string of the molecule is FCCCN1C2C=CCC1CC2. The van der Waals surface area contributed by atoms with Crippen molar-refractivity contribution in [3.63, 3.8) is 0 Å². The van der Waals surface area contributed by atoms with Gasteiger partial charge in [-0.2, -0.15) is 0 Å². The maximum Gasteiger partial charge on any atom is 0.0906 e. The Morgan fingerprint density at radius 2 is 2.33 bits per heavy atom. The van der Waals surface area contributed by atoms with E-state index in [0.29, 0.717) is 12.5 Å². The van der Waals surface area contributed by atoms with Crippen LogP contribution in [0.3, 0.4) is 0 Å². The molecule has 0 spiro atoms. The summed E-state index contributed by atoms with van der Waals surface area (Å²) in [6, 6.07) is 1.36. The molecule has 2 rings (SSSR count). The smallest absolute Gasteiger partial charge is 0.0906 e. The lowest BCUT2D eigenvalue weighted by atomic mass is 10.1. The van der Waals surface area contributed by atoms with Gasteiger partial charge in [0, 0.05) is 18.6 Å². The second kappa shape index (κ2) is 3.56. The van der Waals surface area contributed by atoms with E-state index in [1.165, 1.54) is 19.3 Å². The van der Waals surface area contributed by atoms with E-state index in [1.54, 1.807) is 0 Å². The second-order valence-corrected chi connectivity index (χ2v) is 3.74. The topological polar surface area (TPSA) is 3.24 Å². The van der Waals surface area contributed by atoms with E-state index in [4.69, 9.17) is 0 Å².